The van der Waals surface area contributed by atoms with Crippen LogP contribution >= 0.6 is 35.1 Å². The van der Waals surface area contributed by atoms with E-state index in [1.54, 1.807) is 11.1 Å². The van der Waals surface area contributed by atoms with E-state index in [1.807, 2.05) is 22.7 Å². The van der Waals surface area contributed by atoms with Crippen LogP contribution in [-0.2, 0) is 0 Å². The molecule has 2 bridgehead atoms. The molecule has 106 valence electrons. The molecule has 4 heteroatoms. The van der Waals surface area contributed by atoms with Gasteiger partial charge in [0.05, 0.1) is 0 Å². The van der Waals surface area contributed by atoms with Crippen molar-refractivity contribution < 1.29 is 0 Å². The molecule has 0 N–H and O–H groups in total. The van der Waals surface area contributed by atoms with Crippen LogP contribution in [0.15, 0.2) is 40.6 Å². The molecule has 0 spiro atoms. The van der Waals surface area contributed by atoms with Crippen LogP contribution in [0, 0.1) is 5.92 Å². The van der Waals surface area contributed by atoms with Crippen molar-refractivity contribution in [3.8, 4) is 0 Å². The van der Waals surface area contributed by atoms with Crippen LogP contribution in [0.5, 0.6) is 0 Å². The number of hydrogen-bond acceptors (Lipinski definition) is 3. The Morgan fingerprint density at radius 3 is 2.00 bits per heavy atom. The Labute approximate surface area is 134 Å². The summed E-state index contributed by atoms with van der Waals surface area (Å²) in [5.41, 5.74) is 3.24. The molecule has 2 aromatic heterocycles. The van der Waals surface area contributed by atoms with Crippen LogP contribution in [0.3, 0.4) is 0 Å². The van der Waals surface area contributed by atoms with Crippen molar-refractivity contribution in [2.75, 3.05) is 19.6 Å². The first-order chi connectivity index (χ1) is 9.42. The molecule has 0 radical (unpaired) electrons. The summed E-state index contributed by atoms with van der Waals surface area (Å²) in [5, 5.41) is 4.40. The fourth-order valence-corrected chi connectivity index (χ4v) is 5.08. The first-order valence-corrected chi connectivity index (χ1v) is 8.71. The van der Waals surface area contributed by atoms with Gasteiger partial charge in [-0.1, -0.05) is 12.1 Å². The molecule has 5 rings (SSSR count). The van der Waals surface area contributed by atoms with Gasteiger partial charge in [-0.2, -0.15) is 0 Å². The molecular formula is C16H18ClNS2. The van der Waals surface area contributed by atoms with E-state index in [1.165, 1.54) is 42.2 Å². The lowest BCUT2D eigenvalue weighted by Gasteiger charge is -2.42. The first kappa shape index (κ1) is 14.3. The Hall–Kier alpha value is -0.610. The van der Waals surface area contributed by atoms with Gasteiger partial charge in [0.1, 0.15) is 0 Å². The number of thiophene rings is 2. The van der Waals surface area contributed by atoms with Gasteiger partial charge in [0.25, 0.3) is 0 Å². The molecule has 1 nitrogen and oxygen atoms in total. The molecule has 0 atom stereocenters. The normalized spacial score (nSPS) is 24.5. The molecular weight excluding hydrogens is 306 g/mol. The van der Waals surface area contributed by atoms with Gasteiger partial charge in [0.15, 0.2) is 0 Å². The van der Waals surface area contributed by atoms with Crippen molar-refractivity contribution in [3.63, 3.8) is 0 Å². The number of nitrogens with zero attached hydrogens (tertiary/aromatic N) is 1. The first-order valence-electron chi connectivity index (χ1n) is 6.95. The highest BCUT2D eigenvalue weighted by atomic mass is 35.5. The number of rotatable bonds is 2. The van der Waals surface area contributed by atoms with Crippen molar-refractivity contribution in [2.45, 2.75) is 12.8 Å². The molecule has 0 aliphatic carbocycles. The van der Waals surface area contributed by atoms with E-state index in [4.69, 9.17) is 0 Å². The minimum Gasteiger partial charge on any atom is -0.299 e. The molecule has 0 saturated carbocycles. The van der Waals surface area contributed by atoms with E-state index in [-0.39, 0.29) is 12.4 Å². The van der Waals surface area contributed by atoms with Crippen molar-refractivity contribution in [1.29, 1.82) is 0 Å². The SMILES string of the molecule is Cl.c1csc(C(=C2CN3CCC2CC3)c2cccs2)c1. The van der Waals surface area contributed by atoms with Gasteiger partial charge < -0.3 is 0 Å². The van der Waals surface area contributed by atoms with E-state index >= 15 is 0 Å². The van der Waals surface area contributed by atoms with E-state index in [9.17, 15) is 0 Å². The maximum Gasteiger partial charge on any atom is 0.0357 e. The van der Waals surface area contributed by atoms with Crippen LogP contribution in [0.1, 0.15) is 22.6 Å². The molecule has 0 aromatic carbocycles. The lowest BCUT2D eigenvalue weighted by Crippen LogP contribution is -2.43. The number of hydrogen-bond donors (Lipinski definition) is 0. The van der Waals surface area contributed by atoms with Crippen LogP contribution in [0.2, 0.25) is 0 Å². The summed E-state index contributed by atoms with van der Waals surface area (Å²) in [4.78, 5) is 5.52. The van der Waals surface area contributed by atoms with E-state index in [0.29, 0.717) is 0 Å². The van der Waals surface area contributed by atoms with Crippen molar-refractivity contribution in [2.24, 2.45) is 5.92 Å². The zero-order valence-corrected chi connectivity index (χ0v) is 13.7. The Morgan fingerprint density at radius 2 is 1.60 bits per heavy atom. The molecule has 0 amide bonds. The minimum atomic E-state index is 0. The second-order valence-electron chi connectivity index (χ2n) is 5.41. The average molecular weight is 324 g/mol. The number of halogens is 1. The molecule has 5 heterocycles. The quantitative estimate of drug-likeness (QED) is 0.770. The van der Waals surface area contributed by atoms with Gasteiger partial charge >= 0.3 is 0 Å². The largest absolute Gasteiger partial charge is 0.299 e. The predicted octanol–water partition coefficient (Wildman–Crippen LogP) is 4.76. The average Bonchev–Trinajstić information content (AvgIpc) is 3.14. The third-order valence-electron chi connectivity index (χ3n) is 4.33. The molecule has 0 unspecified atom stereocenters. The van der Waals surface area contributed by atoms with Gasteiger partial charge in [-0.3, -0.25) is 4.90 Å². The van der Waals surface area contributed by atoms with Crippen LogP contribution < -0.4 is 0 Å². The highest BCUT2D eigenvalue weighted by Gasteiger charge is 2.32. The summed E-state index contributed by atoms with van der Waals surface area (Å²) < 4.78 is 0. The zero-order valence-electron chi connectivity index (χ0n) is 11.2. The van der Waals surface area contributed by atoms with Gasteiger partial charge in [-0.15, -0.1) is 35.1 Å². The van der Waals surface area contributed by atoms with E-state index in [2.05, 4.69) is 39.9 Å². The maximum absolute atomic E-state index is 2.62. The van der Waals surface area contributed by atoms with Crippen molar-refractivity contribution >= 4 is 40.7 Å². The molecule has 3 aliphatic heterocycles. The van der Waals surface area contributed by atoms with Gasteiger partial charge in [0.2, 0.25) is 0 Å². The number of fused-ring (bicyclic) bond motifs is 3. The second kappa shape index (κ2) is 6.02. The fraction of sp³-hybridized carbons (Fsp3) is 0.375. The van der Waals surface area contributed by atoms with Gasteiger partial charge in [-0.05, 0) is 60.3 Å². The summed E-state index contributed by atoms with van der Waals surface area (Å²) in [6, 6.07) is 8.92. The summed E-state index contributed by atoms with van der Waals surface area (Å²) in [5.74, 6) is 0.823. The Bertz CT molecular complexity index is 542. The zero-order chi connectivity index (χ0) is 12.7. The summed E-state index contributed by atoms with van der Waals surface area (Å²) >= 11 is 3.76. The van der Waals surface area contributed by atoms with Crippen molar-refractivity contribution in [1.82, 2.24) is 4.90 Å². The molecule has 3 aliphatic rings. The second-order valence-corrected chi connectivity index (χ2v) is 7.30. The maximum atomic E-state index is 2.62. The Balaban J connectivity index is 0.00000121. The lowest BCUT2D eigenvalue weighted by atomic mass is 9.80. The summed E-state index contributed by atoms with van der Waals surface area (Å²) in [6.07, 6.45) is 2.71. The third kappa shape index (κ3) is 2.48. The molecule has 2 aromatic rings. The van der Waals surface area contributed by atoms with Crippen LogP contribution in [-0.4, -0.2) is 24.5 Å². The summed E-state index contributed by atoms with van der Waals surface area (Å²) in [6.45, 7) is 3.79. The molecule has 20 heavy (non-hydrogen) atoms. The van der Waals surface area contributed by atoms with Crippen molar-refractivity contribution in [3.05, 3.63) is 50.4 Å². The van der Waals surface area contributed by atoms with E-state index in [0.717, 1.165) is 5.92 Å². The van der Waals surface area contributed by atoms with Crippen LogP contribution in [0.25, 0.3) is 5.57 Å². The predicted molar refractivity (Wildman–Crippen MR) is 91.1 cm³/mol. The molecule has 3 saturated heterocycles. The van der Waals surface area contributed by atoms with Gasteiger partial charge in [-0.25, -0.2) is 0 Å². The summed E-state index contributed by atoms with van der Waals surface area (Å²) in [7, 11) is 0. The third-order valence-corrected chi connectivity index (χ3v) is 6.11. The fourth-order valence-electron chi connectivity index (χ4n) is 3.37. The standard InChI is InChI=1S/C16H17NS2.ClH/c1-3-14(18-9-1)16(15-4-2-10-19-15)13-11-17-7-5-12(13)6-8-17;/h1-4,9-10,12H,5-8,11H2;1H. The highest BCUT2D eigenvalue weighted by molar-refractivity contribution is 7.13. The van der Waals surface area contributed by atoms with Gasteiger partial charge in [0, 0.05) is 21.9 Å². The minimum absolute atomic E-state index is 0. The smallest absolute Gasteiger partial charge is 0.0357 e. The highest BCUT2D eigenvalue weighted by Crippen LogP contribution is 2.41. The topological polar surface area (TPSA) is 3.24 Å². The number of piperidine rings is 3. The Kier molecular flexibility index (Phi) is 4.32. The van der Waals surface area contributed by atoms with Crippen LogP contribution in [0.4, 0.5) is 0 Å². The lowest BCUT2D eigenvalue weighted by molar-refractivity contribution is 0.162. The monoisotopic (exact) mass is 323 g/mol. The molecule has 3 fully saturated rings. The van der Waals surface area contributed by atoms with E-state index < -0.39 is 0 Å². The Morgan fingerprint density at radius 1 is 1.00 bits per heavy atom.